The highest BCUT2D eigenvalue weighted by atomic mass is 35.5. The third-order valence-electron chi connectivity index (χ3n) is 3.72. The Bertz CT molecular complexity index is 535. The van der Waals surface area contributed by atoms with E-state index in [-0.39, 0.29) is 18.4 Å². The molecule has 1 aliphatic heterocycles. The summed E-state index contributed by atoms with van der Waals surface area (Å²) >= 11 is 5.92. The van der Waals surface area contributed by atoms with E-state index in [1.165, 1.54) is 0 Å². The second kappa shape index (κ2) is 6.91. The van der Waals surface area contributed by atoms with Crippen LogP contribution in [-0.2, 0) is 16.1 Å². The van der Waals surface area contributed by atoms with E-state index in [0.717, 1.165) is 5.56 Å². The second-order valence-corrected chi connectivity index (χ2v) is 5.88. The first kappa shape index (κ1) is 15.8. The molecule has 1 aliphatic rings. The maximum absolute atomic E-state index is 12.2. The molecule has 1 aromatic rings. The third kappa shape index (κ3) is 4.44. The molecule has 1 atom stereocenters. The molecule has 6 heteroatoms. The number of likely N-dealkylation sites (N-methyl/N-ethyl adjacent to an activating group) is 1. The molecule has 0 spiro atoms. The summed E-state index contributed by atoms with van der Waals surface area (Å²) in [7, 11) is 1.74. The SMILES string of the molecule is CN(Cc1cccc(Cl)c1)C(=O)CN1CCC(C(=O)O)C1. The Balaban J connectivity index is 1.84. The first-order valence-electron chi connectivity index (χ1n) is 6.89. The van der Waals surface area contributed by atoms with E-state index in [9.17, 15) is 9.59 Å². The van der Waals surface area contributed by atoms with Gasteiger partial charge in [0.2, 0.25) is 5.91 Å². The highest BCUT2D eigenvalue weighted by Crippen LogP contribution is 2.16. The summed E-state index contributed by atoms with van der Waals surface area (Å²) in [6.07, 6.45) is 0.612. The van der Waals surface area contributed by atoms with Crippen molar-refractivity contribution < 1.29 is 14.7 Å². The zero-order chi connectivity index (χ0) is 15.4. The minimum absolute atomic E-state index is 0.0129. The number of amides is 1. The third-order valence-corrected chi connectivity index (χ3v) is 3.95. The Kier molecular flexibility index (Phi) is 5.20. The number of carbonyl (C=O) groups excluding carboxylic acids is 1. The van der Waals surface area contributed by atoms with Gasteiger partial charge in [-0.05, 0) is 30.7 Å². The van der Waals surface area contributed by atoms with Gasteiger partial charge in [0.15, 0.2) is 0 Å². The summed E-state index contributed by atoms with van der Waals surface area (Å²) in [6.45, 7) is 1.87. The highest BCUT2D eigenvalue weighted by molar-refractivity contribution is 6.30. The summed E-state index contributed by atoms with van der Waals surface area (Å²) in [5, 5.41) is 9.61. The van der Waals surface area contributed by atoms with Crippen LogP contribution in [0.2, 0.25) is 5.02 Å². The summed E-state index contributed by atoms with van der Waals surface area (Å²) in [5.74, 6) is -1.14. The highest BCUT2D eigenvalue weighted by Gasteiger charge is 2.29. The van der Waals surface area contributed by atoms with Gasteiger partial charge in [0.1, 0.15) is 0 Å². The molecule has 114 valence electrons. The van der Waals surface area contributed by atoms with E-state index in [1.807, 2.05) is 23.1 Å². The van der Waals surface area contributed by atoms with E-state index in [0.29, 0.717) is 31.1 Å². The number of benzene rings is 1. The largest absolute Gasteiger partial charge is 0.481 e. The normalized spacial score (nSPS) is 18.7. The number of hydrogen-bond donors (Lipinski definition) is 1. The van der Waals surface area contributed by atoms with Gasteiger partial charge in [-0.15, -0.1) is 0 Å². The summed E-state index contributed by atoms with van der Waals surface area (Å²) < 4.78 is 0. The number of carboxylic acids is 1. The molecule has 1 saturated heterocycles. The van der Waals surface area contributed by atoms with Crippen molar-refractivity contribution in [1.29, 1.82) is 0 Å². The predicted octanol–water partition coefficient (Wildman–Crippen LogP) is 1.70. The molecule has 2 rings (SSSR count). The number of nitrogens with zero attached hydrogens (tertiary/aromatic N) is 2. The molecule has 1 heterocycles. The van der Waals surface area contributed by atoms with E-state index in [1.54, 1.807) is 18.0 Å². The van der Waals surface area contributed by atoms with Gasteiger partial charge in [0.05, 0.1) is 12.5 Å². The quantitative estimate of drug-likeness (QED) is 0.899. The lowest BCUT2D eigenvalue weighted by atomic mass is 10.1. The number of carboxylic acid groups (broad SMARTS) is 1. The maximum Gasteiger partial charge on any atom is 0.307 e. The van der Waals surface area contributed by atoms with Gasteiger partial charge in [-0.3, -0.25) is 14.5 Å². The monoisotopic (exact) mass is 310 g/mol. The van der Waals surface area contributed by atoms with E-state index >= 15 is 0 Å². The molecule has 0 aliphatic carbocycles. The first-order chi connectivity index (χ1) is 9.95. The summed E-state index contributed by atoms with van der Waals surface area (Å²) in [6, 6.07) is 7.41. The summed E-state index contributed by atoms with van der Waals surface area (Å²) in [5.41, 5.74) is 0.975. The Morgan fingerprint density at radius 1 is 1.48 bits per heavy atom. The van der Waals surface area contributed by atoms with Gasteiger partial charge >= 0.3 is 5.97 Å². The van der Waals surface area contributed by atoms with Crippen LogP contribution in [0.5, 0.6) is 0 Å². The van der Waals surface area contributed by atoms with Crippen molar-refractivity contribution in [2.45, 2.75) is 13.0 Å². The fourth-order valence-electron chi connectivity index (χ4n) is 2.49. The minimum Gasteiger partial charge on any atom is -0.481 e. The molecule has 1 N–H and O–H groups in total. The van der Waals surface area contributed by atoms with Gasteiger partial charge in [-0.1, -0.05) is 23.7 Å². The lowest BCUT2D eigenvalue weighted by Crippen LogP contribution is -2.37. The number of halogens is 1. The van der Waals surface area contributed by atoms with Crippen molar-refractivity contribution in [2.24, 2.45) is 5.92 Å². The van der Waals surface area contributed by atoms with Crippen LogP contribution in [0.25, 0.3) is 0 Å². The average Bonchev–Trinajstić information content (AvgIpc) is 2.87. The Labute approximate surface area is 129 Å². The van der Waals surface area contributed by atoms with Crippen LogP contribution in [0.1, 0.15) is 12.0 Å². The van der Waals surface area contributed by atoms with Crippen LogP contribution in [0.15, 0.2) is 24.3 Å². The molecule has 0 radical (unpaired) electrons. The topological polar surface area (TPSA) is 60.9 Å². The van der Waals surface area contributed by atoms with Crippen LogP contribution in [-0.4, -0.2) is 53.5 Å². The molecule has 0 saturated carbocycles. The van der Waals surface area contributed by atoms with E-state index < -0.39 is 5.97 Å². The van der Waals surface area contributed by atoms with Crippen LogP contribution < -0.4 is 0 Å². The van der Waals surface area contributed by atoms with Crippen LogP contribution in [0, 0.1) is 5.92 Å². The average molecular weight is 311 g/mol. The molecule has 0 bridgehead atoms. The van der Waals surface area contributed by atoms with Gasteiger partial charge in [-0.2, -0.15) is 0 Å². The molecule has 1 aromatic carbocycles. The van der Waals surface area contributed by atoms with Crippen LogP contribution in [0.4, 0.5) is 0 Å². The lowest BCUT2D eigenvalue weighted by molar-refractivity contribution is -0.141. The van der Waals surface area contributed by atoms with Crippen molar-refractivity contribution >= 4 is 23.5 Å². The van der Waals surface area contributed by atoms with Crippen molar-refractivity contribution in [3.05, 3.63) is 34.9 Å². The van der Waals surface area contributed by atoms with Crippen LogP contribution >= 0.6 is 11.6 Å². The number of carbonyl (C=O) groups is 2. The van der Waals surface area contributed by atoms with Crippen molar-refractivity contribution in [3.63, 3.8) is 0 Å². The van der Waals surface area contributed by atoms with Gasteiger partial charge < -0.3 is 10.0 Å². The van der Waals surface area contributed by atoms with Crippen molar-refractivity contribution in [2.75, 3.05) is 26.7 Å². The van der Waals surface area contributed by atoms with Crippen LogP contribution in [0.3, 0.4) is 0 Å². The van der Waals surface area contributed by atoms with Gasteiger partial charge in [0, 0.05) is 25.2 Å². The lowest BCUT2D eigenvalue weighted by Gasteiger charge is -2.21. The number of rotatable bonds is 5. The van der Waals surface area contributed by atoms with Crippen molar-refractivity contribution in [3.8, 4) is 0 Å². The maximum atomic E-state index is 12.2. The van der Waals surface area contributed by atoms with E-state index in [4.69, 9.17) is 16.7 Å². The fourth-order valence-corrected chi connectivity index (χ4v) is 2.70. The molecule has 5 nitrogen and oxygen atoms in total. The Morgan fingerprint density at radius 2 is 2.24 bits per heavy atom. The fraction of sp³-hybridized carbons (Fsp3) is 0.467. The molecule has 1 fully saturated rings. The second-order valence-electron chi connectivity index (χ2n) is 5.44. The molecule has 1 unspecified atom stereocenters. The molecular formula is C15H19ClN2O3. The van der Waals surface area contributed by atoms with Crippen molar-refractivity contribution in [1.82, 2.24) is 9.80 Å². The van der Waals surface area contributed by atoms with E-state index in [2.05, 4.69) is 0 Å². The first-order valence-corrected chi connectivity index (χ1v) is 7.27. The molecular weight excluding hydrogens is 292 g/mol. The predicted molar refractivity (Wildman–Crippen MR) is 80.1 cm³/mol. The number of likely N-dealkylation sites (tertiary alicyclic amines) is 1. The summed E-state index contributed by atoms with van der Waals surface area (Å²) in [4.78, 5) is 26.6. The smallest absolute Gasteiger partial charge is 0.307 e. The number of hydrogen-bond acceptors (Lipinski definition) is 3. The zero-order valence-corrected chi connectivity index (χ0v) is 12.7. The Morgan fingerprint density at radius 3 is 2.86 bits per heavy atom. The number of aliphatic carboxylic acids is 1. The van der Waals surface area contributed by atoms with Gasteiger partial charge in [0.25, 0.3) is 0 Å². The molecule has 21 heavy (non-hydrogen) atoms. The molecule has 1 amide bonds. The zero-order valence-electron chi connectivity index (χ0n) is 12.0. The minimum atomic E-state index is -0.780. The Hall–Kier alpha value is -1.59. The molecule has 0 aromatic heterocycles. The standard InChI is InChI=1S/C15H19ClN2O3/c1-17(8-11-3-2-4-13(16)7-11)14(19)10-18-6-5-12(9-18)15(20)21/h2-4,7,12H,5-6,8-10H2,1H3,(H,20,21). The van der Waals surface area contributed by atoms with Gasteiger partial charge in [-0.25, -0.2) is 0 Å².